The number of aryl methyl sites for hydroxylation is 1. The topological polar surface area (TPSA) is 57.7 Å². The van der Waals surface area contributed by atoms with Gasteiger partial charge in [0.2, 0.25) is 0 Å². The number of pyridine rings is 2. The van der Waals surface area contributed by atoms with Gasteiger partial charge in [-0.25, -0.2) is 4.68 Å². The van der Waals surface area contributed by atoms with Crippen molar-refractivity contribution in [1.29, 1.82) is 0 Å². The zero-order valence-electron chi connectivity index (χ0n) is 12.1. The smallest absolute Gasteiger partial charge is 0.111 e. The molecular formula is C16H14N5W-. The SMILES string of the molecule is Cc1cc(-n2ccc(-c3ccccn3)n2)c2c(n1)[N-]CC2.[W]. The van der Waals surface area contributed by atoms with E-state index in [1.165, 1.54) is 5.56 Å². The summed E-state index contributed by atoms with van der Waals surface area (Å²) >= 11 is 0. The first-order valence-corrected chi connectivity index (χ1v) is 6.97. The van der Waals surface area contributed by atoms with Crippen LogP contribution in [-0.4, -0.2) is 26.3 Å². The van der Waals surface area contributed by atoms with Crippen LogP contribution < -0.4 is 0 Å². The van der Waals surface area contributed by atoms with Crippen LogP contribution >= 0.6 is 0 Å². The second-order valence-electron chi connectivity index (χ2n) is 5.08. The molecule has 1 aliphatic heterocycles. The molecule has 0 amide bonds. The quantitative estimate of drug-likeness (QED) is 0.591. The van der Waals surface area contributed by atoms with Crippen molar-refractivity contribution in [3.05, 3.63) is 59.3 Å². The standard InChI is InChI=1S/C16H14N5.W/c1-11-10-15(12-5-8-18-16(12)19-11)21-9-6-14(20-21)13-4-2-3-7-17-13;/h2-4,6-7,9-10H,5,8H2,1H3;/q-1;. The zero-order chi connectivity index (χ0) is 14.2. The van der Waals surface area contributed by atoms with Crippen molar-refractivity contribution in [2.45, 2.75) is 13.3 Å². The Morgan fingerprint density at radius 3 is 2.91 bits per heavy atom. The molecular weight excluding hydrogens is 446 g/mol. The summed E-state index contributed by atoms with van der Waals surface area (Å²) in [4.78, 5) is 8.82. The first kappa shape index (κ1) is 14.9. The average molecular weight is 460 g/mol. The summed E-state index contributed by atoms with van der Waals surface area (Å²) in [6.07, 6.45) is 4.68. The van der Waals surface area contributed by atoms with E-state index in [2.05, 4.69) is 26.4 Å². The molecule has 0 aromatic carbocycles. The maximum atomic E-state index is 4.65. The largest absolute Gasteiger partial charge is 0.465 e. The molecule has 0 saturated carbocycles. The van der Waals surface area contributed by atoms with Gasteiger partial charge in [-0.3, -0.25) is 4.98 Å². The third kappa shape index (κ3) is 2.57. The molecule has 0 fully saturated rings. The van der Waals surface area contributed by atoms with E-state index >= 15 is 0 Å². The molecule has 22 heavy (non-hydrogen) atoms. The van der Waals surface area contributed by atoms with Gasteiger partial charge in [-0.15, -0.1) is 0 Å². The normalized spacial score (nSPS) is 12.4. The van der Waals surface area contributed by atoms with Crippen LogP contribution in [0.2, 0.25) is 0 Å². The minimum absolute atomic E-state index is 0. The first-order valence-electron chi connectivity index (χ1n) is 6.97. The first-order chi connectivity index (χ1) is 10.3. The molecule has 0 spiro atoms. The number of fused-ring (bicyclic) bond motifs is 1. The molecule has 0 N–H and O–H groups in total. The van der Waals surface area contributed by atoms with Crippen molar-refractivity contribution in [1.82, 2.24) is 19.7 Å². The Balaban J connectivity index is 0.00000144. The number of hydrogen-bond acceptors (Lipinski definition) is 3. The second-order valence-corrected chi connectivity index (χ2v) is 5.08. The summed E-state index contributed by atoms with van der Waals surface area (Å²) in [7, 11) is 0. The van der Waals surface area contributed by atoms with E-state index in [4.69, 9.17) is 0 Å². The van der Waals surface area contributed by atoms with Crippen LogP contribution in [0, 0.1) is 6.92 Å². The fourth-order valence-electron chi connectivity index (χ4n) is 2.62. The summed E-state index contributed by atoms with van der Waals surface area (Å²) in [5.74, 6) is 0.861. The predicted molar refractivity (Wildman–Crippen MR) is 80.9 cm³/mol. The van der Waals surface area contributed by atoms with Gasteiger partial charge in [-0.05, 0) is 49.7 Å². The summed E-state index contributed by atoms with van der Waals surface area (Å²) in [5, 5.41) is 9.10. The second kappa shape index (κ2) is 6.01. The average Bonchev–Trinajstić information content (AvgIpc) is 3.16. The molecule has 5 nitrogen and oxygen atoms in total. The molecule has 3 aromatic heterocycles. The van der Waals surface area contributed by atoms with Crippen LogP contribution in [0.5, 0.6) is 0 Å². The van der Waals surface area contributed by atoms with Gasteiger partial charge in [0.25, 0.3) is 0 Å². The molecule has 0 aliphatic carbocycles. The van der Waals surface area contributed by atoms with E-state index in [0.29, 0.717) is 0 Å². The molecule has 110 valence electrons. The minimum atomic E-state index is 0. The Kier molecular flexibility index (Phi) is 4.08. The Bertz CT molecular complexity index is 798. The van der Waals surface area contributed by atoms with Crippen molar-refractivity contribution in [3.63, 3.8) is 0 Å². The van der Waals surface area contributed by atoms with Gasteiger partial charge >= 0.3 is 0 Å². The van der Waals surface area contributed by atoms with Gasteiger partial charge in [-0.2, -0.15) is 5.10 Å². The molecule has 6 heteroatoms. The fraction of sp³-hybridized carbons (Fsp3) is 0.188. The third-order valence-corrected chi connectivity index (χ3v) is 3.59. The monoisotopic (exact) mass is 460 g/mol. The van der Waals surface area contributed by atoms with Gasteiger partial charge in [0.05, 0.1) is 11.4 Å². The molecule has 0 bridgehead atoms. The van der Waals surface area contributed by atoms with Gasteiger partial charge in [-0.1, -0.05) is 17.6 Å². The van der Waals surface area contributed by atoms with E-state index in [1.807, 2.05) is 42.1 Å². The van der Waals surface area contributed by atoms with Crippen molar-refractivity contribution in [2.24, 2.45) is 0 Å². The Morgan fingerprint density at radius 1 is 1.18 bits per heavy atom. The van der Waals surface area contributed by atoms with Gasteiger partial charge in [0, 0.05) is 33.5 Å². The number of aromatic nitrogens is 4. The van der Waals surface area contributed by atoms with Gasteiger partial charge in [0.1, 0.15) is 5.69 Å². The minimum Gasteiger partial charge on any atom is -0.465 e. The molecule has 4 heterocycles. The number of rotatable bonds is 2. The van der Waals surface area contributed by atoms with Crippen LogP contribution in [0.1, 0.15) is 11.3 Å². The van der Waals surface area contributed by atoms with Crippen LogP contribution in [-0.2, 0) is 27.5 Å². The fourth-order valence-corrected chi connectivity index (χ4v) is 2.62. The van der Waals surface area contributed by atoms with Crippen molar-refractivity contribution >= 4 is 5.82 Å². The molecule has 0 atom stereocenters. The zero-order valence-corrected chi connectivity index (χ0v) is 15.0. The molecule has 4 rings (SSSR count). The Morgan fingerprint density at radius 2 is 2.09 bits per heavy atom. The molecule has 3 aromatic rings. The predicted octanol–water partition coefficient (Wildman–Crippen LogP) is 3.20. The maximum Gasteiger partial charge on any atom is 0.111 e. The Hall–Kier alpha value is -2.00. The summed E-state index contributed by atoms with van der Waals surface area (Å²) < 4.78 is 1.90. The maximum absolute atomic E-state index is 4.65. The van der Waals surface area contributed by atoms with Gasteiger partial charge < -0.3 is 10.3 Å². The van der Waals surface area contributed by atoms with E-state index < -0.39 is 0 Å². The van der Waals surface area contributed by atoms with Crippen LogP contribution in [0.4, 0.5) is 5.82 Å². The van der Waals surface area contributed by atoms with Crippen LogP contribution in [0.15, 0.2) is 42.7 Å². The summed E-state index contributed by atoms with van der Waals surface area (Å²) in [6.45, 7) is 2.80. The van der Waals surface area contributed by atoms with Crippen molar-refractivity contribution in [3.8, 4) is 17.1 Å². The van der Waals surface area contributed by atoms with Gasteiger partial charge in [0.15, 0.2) is 0 Å². The third-order valence-electron chi connectivity index (χ3n) is 3.59. The van der Waals surface area contributed by atoms with Crippen molar-refractivity contribution < 1.29 is 21.1 Å². The molecule has 0 saturated heterocycles. The van der Waals surface area contributed by atoms with E-state index in [-0.39, 0.29) is 21.1 Å². The van der Waals surface area contributed by atoms with E-state index in [0.717, 1.165) is 41.6 Å². The molecule has 0 unspecified atom stereocenters. The summed E-state index contributed by atoms with van der Waals surface area (Å²) in [6, 6.07) is 9.88. The number of hydrogen-bond donors (Lipinski definition) is 0. The summed E-state index contributed by atoms with van der Waals surface area (Å²) in [5.41, 5.74) is 4.96. The molecule has 1 aliphatic rings. The van der Waals surface area contributed by atoms with Crippen LogP contribution in [0.3, 0.4) is 0 Å². The van der Waals surface area contributed by atoms with Crippen molar-refractivity contribution in [2.75, 3.05) is 6.54 Å². The van der Waals surface area contributed by atoms with E-state index in [1.54, 1.807) is 6.20 Å². The molecule has 0 radical (unpaired) electrons. The van der Waals surface area contributed by atoms with Crippen LogP contribution in [0.25, 0.3) is 22.4 Å². The number of nitrogens with zero attached hydrogens (tertiary/aromatic N) is 5. The Labute approximate surface area is 143 Å². The van der Waals surface area contributed by atoms with E-state index in [9.17, 15) is 0 Å².